The van der Waals surface area contributed by atoms with Crippen molar-refractivity contribution in [3.63, 3.8) is 0 Å². The van der Waals surface area contributed by atoms with Gasteiger partial charge in [-0.3, -0.25) is 20.4 Å². The van der Waals surface area contributed by atoms with Gasteiger partial charge in [-0.2, -0.15) is 0 Å². The van der Waals surface area contributed by atoms with Crippen molar-refractivity contribution in [3.05, 3.63) is 46.7 Å². The van der Waals surface area contributed by atoms with Crippen molar-refractivity contribution in [2.45, 2.75) is 6.92 Å². The zero-order valence-electron chi connectivity index (χ0n) is 11.8. The van der Waals surface area contributed by atoms with Crippen LogP contribution in [0.1, 0.15) is 16.6 Å². The van der Waals surface area contributed by atoms with Gasteiger partial charge in [-0.1, -0.05) is 30.3 Å². The molecule has 0 spiro atoms. The molecule has 0 bridgehead atoms. The molecule has 0 saturated carbocycles. The normalized spacial score (nSPS) is 9.86. The van der Waals surface area contributed by atoms with Gasteiger partial charge < -0.3 is 4.74 Å². The number of carbonyl (C=O) groups is 3. The van der Waals surface area contributed by atoms with E-state index in [-0.39, 0.29) is 0 Å². The van der Waals surface area contributed by atoms with Crippen molar-refractivity contribution in [3.8, 4) is 11.1 Å². The predicted octanol–water partition coefficient (Wildman–Crippen LogP) is 1.74. The van der Waals surface area contributed by atoms with Crippen molar-refractivity contribution in [2.24, 2.45) is 0 Å². The molecule has 0 unspecified atom stereocenters. The number of esters is 1. The van der Waals surface area contributed by atoms with E-state index in [1.807, 2.05) is 36.4 Å². The number of ether oxygens (including phenoxy) is 1. The Labute approximate surface area is 131 Å². The van der Waals surface area contributed by atoms with Crippen molar-refractivity contribution < 1.29 is 19.1 Å². The third kappa shape index (κ3) is 4.16. The van der Waals surface area contributed by atoms with Gasteiger partial charge in [0.15, 0.2) is 6.61 Å². The van der Waals surface area contributed by atoms with Crippen LogP contribution in [0.5, 0.6) is 0 Å². The van der Waals surface area contributed by atoms with Gasteiger partial charge >= 0.3 is 5.97 Å². The highest BCUT2D eigenvalue weighted by Crippen LogP contribution is 2.28. The molecule has 1 heterocycles. The molecule has 22 heavy (non-hydrogen) atoms. The Morgan fingerprint density at radius 2 is 1.82 bits per heavy atom. The Hall–Kier alpha value is -2.67. The van der Waals surface area contributed by atoms with Crippen LogP contribution in [0.2, 0.25) is 0 Å². The molecule has 114 valence electrons. The van der Waals surface area contributed by atoms with Gasteiger partial charge in [-0.15, -0.1) is 11.3 Å². The fourth-order valence-electron chi connectivity index (χ4n) is 1.70. The molecule has 0 aliphatic heterocycles. The number of amides is 2. The minimum atomic E-state index is -0.610. The van der Waals surface area contributed by atoms with Crippen LogP contribution in [-0.2, 0) is 14.3 Å². The molecule has 0 fully saturated rings. The highest BCUT2D eigenvalue weighted by molar-refractivity contribution is 7.12. The smallest absolute Gasteiger partial charge is 0.349 e. The molecular formula is C15H14N2O4S. The van der Waals surface area contributed by atoms with Crippen LogP contribution in [0.25, 0.3) is 11.1 Å². The van der Waals surface area contributed by atoms with Gasteiger partial charge in [0, 0.05) is 12.5 Å². The first-order valence-corrected chi connectivity index (χ1v) is 7.31. The first-order chi connectivity index (χ1) is 10.6. The Balaban J connectivity index is 1.98. The zero-order valence-corrected chi connectivity index (χ0v) is 12.6. The van der Waals surface area contributed by atoms with Crippen LogP contribution in [-0.4, -0.2) is 24.4 Å². The minimum Gasteiger partial charge on any atom is -0.451 e. The van der Waals surface area contributed by atoms with Crippen LogP contribution in [0.15, 0.2) is 41.8 Å². The van der Waals surface area contributed by atoms with E-state index >= 15 is 0 Å². The second-order valence-electron chi connectivity index (χ2n) is 4.33. The van der Waals surface area contributed by atoms with Gasteiger partial charge in [0.05, 0.1) is 0 Å². The van der Waals surface area contributed by atoms with Gasteiger partial charge in [0.2, 0.25) is 5.91 Å². The molecule has 1 aromatic heterocycles. The summed E-state index contributed by atoms with van der Waals surface area (Å²) in [5.41, 5.74) is 5.89. The molecule has 0 radical (unpaired) electrons. The van der Waals surface area contributed by atoms with E-state index in [2.05, 4.69) is 10.9 Å². The summed E-state index contributed by atoms with van der Waals surface area (Å²) in [5, 5.41) is 1.79. The van der Waals surface area contributed by atoms with Gasteiger partial charge in [-0.25, -0.2) is 4.79 Å². The van der Waals surface area contributed by atoms with E-state index in [0.29, 0.717) is 4.88 Å². The molecule has 7 heteroatoms. The first kappa shape index (κ1) is 15.7. The second-order valence-corrected chi connectivity index (χ2v) is 5.25. The third-order valence-corrected chi connectivity index (χ3v) is 3.54. The van der Waals surface area contributed by atoms with Crippen LogP contribution >= 0.6 is 11.3 Å². The maximum Gasteiger partial charge on any atom is 0.349 e. The highest BCUT2D eigenvalue weighted by Gasteiger charge is 2.17. The van der Waals surface area contributed by atoms with E-state index in [0.717, 1.165) is 11.1 Å². The van der Waals surface area contributed by atoms with Crippen molar-refractivity contribution in [1.82, 2.24) is 10.9 Å². The number of thiophene rings is 1. The number of hydrogen-bond donors (Lipinski definition) is 2. The van der Waals surface area contributed by atoms with Gasteiger partial charge in [0.25, 0.3) is 5.91 Å². The summed E-state index contributed by atoms with van der Waals surface area (Å²) in [6.45, 7) is 0.787. The third-order valence-electron chi connectivity index (χ3n) is 2.65. The Kier molecular flexibility index (Phi) is 5.26. The maximum absolute atomic E-state index is 12.1. The van der Waals surface area contributed by atoms with Crippen molar-refractivity contribution >= 4 is 29.1 Å². The molecule has 2 rings (SSSR count). The second kappa shape index (κ2) is 7.37. The van der Waals surface area contributed by atoms with E-state index in [1.165, 1.54) is 18.3 Å². The molecule has 2 aromatic rings. The lowest BCUT2D eigenvalue weighted by molar-refractivity contribution is -0.129. The van der Waals surface area contributed by atoms with Crippen LogP contribution in [0, 0.1) is 0 Å². The largest absolute Gasteiger partial charge is 0.451 e. The minimum absolute atomic E-state index is 0.413. The zero-order chi connectivity index (χ0) is 15.9. The molecule has 1 aromatic carbocycles. The lowest BCUT2D eigenvalue weighted by atomic mass is 10.1. The Morgan fingerprint density at radius 1 is 1.09 bits per heavy atom. The monoisotopic (exact) mass is 318 g/mol. The van der Waals surface area contributed by atoms with Crippen LogP contribution in [0.4, 0.5) is 0 Å². The molecule has 2 amide bonds. The Morgan fingerprint density at radius 3 is 2.50 bits per heavy atom. The molecule has 2 N–H and O–H groups in total. The number of benzene rings is 1. The van der Waals surface area contributed by atoms with Crippen LogP contribution < -0.4 is 10.9 Å². The standard InChI is InChI=1S/C15H14N2O4S/c1-10(18)16-17-13(19)9-21-15(20)14-12(7-8-22-14)11-5-3-2-4-6-11/h2-8H,9H2,1H3,(H,16,18)(H,17,19). The topological polar surface area (TPSA) is 84.5 Å². The fraction of sp³-hybridized carbons (Fsp3) is 0.133. The van der Waals surface area contributed by atoms with Gasteiger partial charge in [-0.05, 0) is 17.0 Å². The van der Waals surface area contributed by atoms with E-state index in [9.17, 15) is 14.4 Å². The summed E-state index contributed by atoms with van der Waals surface area (Å²) >= 11 is 1.25. The predicted molar refractivity (Wildman–Crippen MR) is 82.0 cm³/mol. The SMILES string of the molecule is CC(=O)NNC(=O)COC(=O)c1sccc1-c1ccccc1. The molecule has 0 aliphatic carbocycles. The summed E-state index contributed by atoms with van der Waals surface area (Å²) in [6.07, 6.45) is 0. The molecule has 0 saturated heterocycles. The lowest BCUT2D eigenvalue weighted by Crippen LogP contribution is -2.42. The molecule has 0 atom stereocenters. The molecule has 6 nitrogen and oxygen atoms in total. The maximum atomic E-state index is 12.1. The number of nitrogens with one attached hydrogen (secondary N) is 2. The summed E-state index contributed by atoms with van der Waals surface area (Å²) in [7, 11) is 0. The lowest BCUT2D eigenvalue weighted by Gasteiger charge is -2.07. The number of carbonyl (C=O) groups excluding carboxylic acids is 3. The Bertz CT molecular complexity index is 682. The summed E-state index contributed by atoms with van der Waals surface area (Å²) in [5.74, 6) is -1.60. The number of hydrazine groups is 1. The van der Waals surface area contributed by atoms with Gasteiger partial charge in [0.1, 0.15) is 4.88 Å². The fourth-order valence-corrected chi connectivity index (χ4v) is 2.51. The summed E-state index contributed by atoms with van der Waals surface area (Å²) in [6, 6.07) is 11.3. The molecular weight excluding hydrogens is 304 g/mol. The molecule has 0 aliphatic rings. The van der Waals surface area contributed by atoms with Crippen LogP contribution in [0.3, 0.4) is 0 Å². The number of rotatable bonds is 4. The van der Waals surface area contributed by atoms with E-state index in [1.54, 1.807) is 5.38 Å². The average Bonchev–Trinajstić information content (AvgIpc) is 3.01. The summed E-state index contributed by atoms with van der Waals surface area (Å²) in [4.78, 5) is 34.5. The first-order valence-electron chi connectivity index (χ1n) is 6.43. The quantitative estimate of drug-likeness (QED) is 0.664. The van der Waals surface area contributed by atoms with Crippen molar-refractivity contribution in [2.75, 3.05) is 6.61 Å². The van der Waals surface area contributed by atoms with Crippen molar-refractivity contribution in [1.29, 1.82) is 0 Å². The summed E-state index contributed by atoms with van der Waals surface area (Å²) < 4.78 is 4.95. The van der Waals surface area contributed by atoms with E-state index < -0.39 is 24.4 Å². The number of hydrogen-bond acceptors (Lipinski definition) is 5. The van der Waals surface area contributed by atoms with E-state index in [4.69, 9.17) is 4.74 Å². The average molecular weight is 318 g/mol. The highest BCUT2D eigenvalue weighted by atomic mass is 32.1.